The number of hydrogen-bond acceptors (Lipinski definition) is 4. The molecule has 0 spiro atoms. The summed E-state index contributed by atoms with van der Waals surface area (Å²) >= 11 is 0. The van der Waals surface area contributed by atoms with E-state index in [9.17, 15) is 14.7 Å². The first kappa shape index (κ1) is 17.4. The van der Waals surface area contributed by atoms with E-state index in [1.54, 1.807) is 25.2 Å². The van der Waals surface area contributed by atoms with Crippen molar-refractivity contribution < 1.29 is 24.2 Å². The molecule has 0 radical (unpaired) electrons. The number of amides is 1. The summed E-state index contributed by atoms with van der Waals surface area (Å²) < 4.78 is 10.7. The van der Waals surface area contributed by atoms with Crippen LogP contribution in [0.4, 0.5) is 5.69 Å². The number of aliphatic carboxylic acids is 1. The van der Waals surface area contributed by atoms with Crippen molar-refractivity contribution in [1.82, 2.24) is 0 Å². The molecule has 1 aliphatic carbocycles. The highest BCUT2D eigenvalue weighted by Crippen LogP contribution is 2.53. The van der Waals surface area contributed by atoms with Crippen molar-refractivity contribution in [3.63, 3.8) is 0 Å². The Balaban J connectivity index is 1.59. The lowest BCUT2D eigenvalue weighted by Gasteiger charge is -2.18. The fourth-order valence-electron chi connectivity index (χ4n) is 3.97. The first-order valence-corrected chi connectivity index (χ1v) is 8.90. The zero-order chi connectivity index (χ0) is 19.1. The summed E-state index contributed by atoms with van der Waals surface area (Å²) in [4.78, 5) is 26.4. The first-order valence-electron chi connectivity index (χ1n) is 8.90. The molecule has 2 aromatic rings. The quantitative estimate of drug-likeness (QED) is 0.879. The SMILES string of the molecule is COc1ccc(OC)c(C2CC2C(=O)N2CC(C(=O)O)c3ccccc32)c1. The summed E-state index contributed by atoms with van der Waals surface area (Å²) in [5.41, 5.74) is 2.37. The van der Waals surface area contributed by atoms with Crippen molar-refractivity contribution in [2.45, 2.75) is 18.3 Å². The number of carboxylic acids is 1. The van der Waals surface area contributed by atoms with Crippen molar-refractivity contribution in [1.29, 1.82) is 0 Å². The van der Waals surface area contributed by atoms with Crippen LogP contribution in [0.15, 0.2) is 42.5 Å². The maximum Gasteiger partial charge on any atom is 0.312 e. The first-order chi connectivity index (χ1) is 13.0. The summed E-state index contributed by atoms with van der Waals surface area (Å²) in [5, 5.41) is 9.50. The normalized spacial score (nSPS) is 22.9. The number of ether oxygens (including phenoxy) is 2. The molecule has 2 aromatic carbocycles. The molecule has 4 rings (SSSR count). The number of anilines is 1. The smallest absolute Gasteiger partial charge is 0.312 e. The van der Waals surface area contributed by atoms with E-state index in [1.165, 1.54) is 0 Å². The monoisotopic (exact) mass is 367 g/mol. The van der Waals surface area contributed by atoms with Crippen LogP contribution < -0.4 is 14.4 Å². The molecule has 0 saturated heterocycles. The third-order valence-electron chi connectivity index (χ3n) is 5.48. The molecule has 6 nitrogen and oxygen atoms in total. The number of hydrogen-bond donors (Lipinski definition) is 1. The Hall–Kier alpha value is -3.02. The Morgan fingerprint density at radius 1 is 1.07 bits per heavy atom. The van der Waals surface area contributed by atoms with Gasteiger partial charge >= 0.3 is 5.97 Å². The number of rotatable bonds is 5. The molecule has 1 saturated carbocycles. The van der Waals surface area contributed by atoms with E-state index in [0.29, 0.717) is 11.3 Å². The Kier molecular flexibility index (Phi) is 4.26. The molecule has 1 aliphatic heterocycles. The van der Waals surface area contributed by atoms with Gasteiger partial charge in [-0.25, -0.2) is 0 Å². The molecular formula is C21H21NO5. The van der Waals surface area contributed by atoms with E-state index in [0.717, 1.165) is 23.5 Å². The second-order valence-corrected chi connectivity index (χ2v) is 6.96. The highest BCUT2D eigenvalue weighted by molar-refractivity contribution is 6.02. The Labute approximate surface area is 157 Å². The second kappa shape index (κ2) is 6.61. The van der Waals surface area contributed by atoms with Gasteiger partial charge in [-0.1, -0.05) is 18.2 Å². The third kappa shape index (κ3) is 2.91. The van der Waals surface area contributed by atoms with Gasteiger partial charge in [-0.3, -0.25) is 9.59 Å². The van der Waals surface area contributed by atoms with Crippen molar-refractivity contribution >= 4 is 17.6 Å². The maximum absolute atomic E-state index is 13.1. The number of benzene rings is 2. The van der Waals surface area contributed by atoms with Gasteiger partial charge in [0.2, 0.25) is 5.91 Å². The molecule has 2 aliphatic rings. The molecule has 0 bridgehead atoms. The second-order valence-electron chi connectivity index (χ2n) is 6.96. The van der Waals surface area contributed by atoms with Crippen LogP contribution in [-0.2, 0) is 9.59 Å². The Bertz CT molecular complexity index is 909. The van der Waals surface area contributed by atoms with Crippen molar-refractivity contribution in [3.8, 4) is 11.5 Å². The van der Waals surface area contributed by atoms with E-state index in [1.807, 2.05) is 36.4 Å². The fraction of sp³-hybridized carbons (Fsp3) is 0.333. The topological polar surface area (TPSA) is 76.1 Å². The molecule has 27 heavy (non-hydrogen) atoms. The van der Waals surface area contributed by atoms with Crippen LogP contribution >= 0.6 is 0 Å². The van der Waals surface area contributed by atoms with Crippen LogP contribution in [0, 0.1) is 5.92 Å². The average Bonchev–Trinajstić information content (AvgIpc) is 3.39. The molecule has 3 unspecified atom stereocenters. The van der Waals surface area contributed by atoms with E-state index in [2.05, 4.69) is 0 Å². The summed E-state index contributed by atoms with van der Waals surface area (Å²) in [7, 11) is 3.22. The summed E-state index contributed by atoms with van der Waals surface area (Å²) in [6.07, 6.45) is 0.721. The van der Waals surface area contributed by atoms with Crippen LogP contribution in [-0.4, -0.2) is 37.7 Å². The maximum atomic E-state index is 13.1. The lowest BCUT2D eigenvalue weighted by atomic mass is 10.0. The number of fused-ring (bicyclic) bond motifs is 1. The van der Waals surface area contributed by atoms with Gasteiger partial charge in [0.25, 0.3) is 0 Å². The van der Waals surface area contributed by atoms with Crippen LogP contribution in [0.25, 0.3) is 0 Å². The van der Waals surface area contributed by atoms with Gasteiger partial charge in [0.15, 0.2) is 0 Å². The summed E-state index contributed by atoms with van der Waals surface area (Å²) in [6, 6.07) is 12.8. The summed E-state index contributed by atoms with van der Waals surface area (Å²) in [6.45, 7) is 0.186. The molecular weight excluding hydrogens is 346 g/mol. The van der Waals surface area contributed by atoms with Gasteiger partial charge in [-0.15, -0.1) is 0 Å². The highest BCUT2D eigenvalue weighted by Gasteiger charge is 2.49. The predicted octanol–water partition coefficient (Wildman–Crippen LogP) is 3.02. The molecule has 0 aromatic heterocycles. The average molecular weight is 367 g/mol. The molecule has 140 valence electrons. The molecule has 1 amide bonds. The van der Waals surface area contributed by atoms with Gasteiger partial charge in [-0.05, 0) is 36.2 Å². The molecule has 1 heterocycles. The van der Waals surface area contributed by atoms with Crippen LogP contribution in [0.2, 0.25) is 0 Å². The van der Waals surface area contributed by atoms with Gasteiger partial charge in [-0.2, -0.15) is 0 Å². The standard InChI is InChI=1S/C21H21NO5/c1-26-12-7-8-19(27-2)15(9-12)14-10-16(14)20(23)22-11-17(21(24)25)13-5-3-4-6-18(13)22/h3-9,14,16-17H,10-11H2,1-2H3,(H,24,25). The van der Waals surface area contributed by atoms with E-state index >= 15 is 0 Å². The molecule has 3 atom stereocenters. The number of carbonyl (C=O) groups is 2. The number of nitrogens with zero attached hydrogens (tertiary/aromatic N) is 1. The largest absolute Gasteiger partial charge is 0.497 e. The number of carbonyl (C=O) groups excluding carboxylic acids is 1. The Morgan fingerprint density at radius 3 is 2.56 bits per heavy atom. The highest BCUT2D eigenvalue weighted by atomic mass is 16.5. The number of methoxy groups -OCH3 is 2. The molecule has 6 heteroatoms. The van der Waals surface area contributed by atoms with E-state index in [-0.39, 0.29) is 24.3 Å². The zero-order valence-corrected chi connectivity index (χ0v) is 15.2. The number of carboxylic acid groups (broad SMARTS) is 1. The minimum atomic E-state index is -0.903. The lowest BCUT2D eigenvalue weighted by molar-refractivity contribution is -0.138. The third-order valence-corrected chi connectivity index (χ3v) is 5.48. The predicted molar refractivity (Wildman–Crippen MR) is 99.6 cm³/mol. The van der Waals surface area contributed by atoms with Crippen LogP contribution in [0.3, 0.4) is 0 Å². The zero-order valence-electron chi connectivity index (χ0n) is 15.2. The van der Waals surface area contributed by atoms with Crippen LogP contribution in [0.1, 0.15) is 29.4 Å². The summed E-state index contributed by atoms with van der Waals surface area (Å²) in [5.74, 6) is -0.262. The molecule has 1 fully saturated rings. The van der Waals surface area contributed by atoms with Crippen molar-refractivity contribution in [2.75, 3.05) is 25.7 Å². The van der Waals surface area contributed by atoms with Crippen LogP contribution in [0.5, 0.6) is 11.5 Å². The van der Waals surface area contributed by atoms with Crippen molar-refractivity contribution in [3.05, 3.63) is 53.6 Å². The number of para-hydroxylation sites is 1. The lowest BCUT2D eigenvalue weighted by Crippen LogP contribution is -2.32. The van der Waals surface area contributed by atoms with Gasteiger partial charge in [0, 0.05) is 29.6 Å². The van der Waals surface area contributed by atoms with E-state index in [4.69, 9.17) is 9.47 Å². The molecule has 1 N–H and O–H groups in total. The minimum Gasteiger partial charge on any atom is -0.497 e. The van der Waals surface area contributed by atoms with Crippen molar-refractivity contribution in [2.24, 2.45) is 5.92 Å². The Morgan fingerprint density at radius 2 is 1.85 bits per heavy atom. The minimum absolute atomic E-state index is 0.0268. The van der Waals surface area contributed by atoms with Gasteiger partial charge in [0.05, 0.1) is 14.2 Å². The van der Waals surface area contributed by atoms with Gasteiger partial charge < -0.3 is 19.5 Å². The van der Waals surface area contributed by atoms with Gasteiger partial charge in [0.1, 0.15) is 17.4 Å². The van der Waals surface area contributed by atoms with E-state index < -0.39 is 11.9 Å². The fourth-order valence-corrected chi connectivity index (χ4v) is 3.97.